The van der Waals surface area contributed by atoms with Crippen molar-refractivity contribution >= 4 is 74.6 Å². The van der Waals surface area contributed by atoms with Crippen molar-refractivity contribution in [2.45, 2.75) is 117 Å². The Labute approximate surface area is 435 Å². The first-order chi connectivity index (χ1) is 35.0. The summed E-state index contributed by atoms with van der Waals surface area (Å²) in [5.74, 6) is -0.0453. The van der Waals surface area contributed by atoms with Gasteiger partial charge in [-0.2, -0.15) is 0 Å². The normalized spacial score (nSPS) is 20.1. The monoisotopic (exact) mass is 1040 g/mol. The summed E-state index contributed by atoms with van der Waals surface area (Å²) in [6.45, 7) is 13.5. The largest absolute Gasteiger partial charge is 0.490 e. The van der Waals surface area contributed by atoms with Crippen LogP contribution in [0.25, 0.3) is 26.4 Å². The highest BCUT2D eigenvalue weighted by Gasteiger charge is 2.43. The van der Waals surface area contributed by atoms with Crippen LogP contribution in [0.5, 0.6) is 5.75 Å². The van der Waals surface area contributed by atoms with Gasteiger partial charge in [-0.3, -0.25) is 28.7 Å². The van der Waals surface area contributed by atoms with E-state index >= 15 is 0 Å². The van der Waals surface area contributed by atoms with Gasteiger partial charge in [0.1, 0.15) is 46.4 Å². The van der Waals surface area contributed by atoms with E-state index in [1.807, 2.05) is 93.2 Å². The number of carbonyl (C=O) groups excluding carboxylic acids is 4. The molecule has 1 saturated heterocycles. The molecule has 4 N–H and O–H groups in total. The number of furan rings is 1. The number of likely N-dealkylation sites (tertiary alicyclic amines) is 1. The molecule has 5 atom stereocenters. The van der Waals surface area contributed by atoms with E-state index in [4.69, 9.17) is 25.7 Å². The summed E-state index contributed by atoms with van der Waals surface area (Å²) in [6.07, 6.45) is 0.285. The van der Waals surface area contributed by atoms with E-state index in [9.17, 15) is 24.3 Å². The van der Waals surface area contributed by atoms with Crippen LogP contribution < -0.4 is 20.7 Å². The van der Waals surface area contributed by atoms with Gasteiger partial charge < -0.3 is 35.1 Å². The molecular weight excluding hydrogens is 986 g/mol. The van der Waals surface area contributed by atoms with Gasteiger partial charge in [-0.05, 0) is 93.6 Å². The van der Waals surface area contributed by atoms with Crippen LogP contribution in [0, 0.1) is 33.6 Å². The zero-order chi connectivity index (χ0) is 51.4. The van der Waals surface area contributed by atoms with Crippen LogP contribution in [0.1, 0.15) is 114 Å². The number of aliphatic hydroxyl groups excluding tert-OH is 1. The SMILES string of the molecule is Cc1ncsc1-c1ccc([C@H](C)NC(=O)[C@@H]2C[C@@H](O)CN2C(=O)[C@@H](NC(=O)c2cc3cc(O[C@H]4C[C@@H](NC(=O)C[C@@H]5N=C(c6ccc(Cl)cc6)c6c(sc(C)c6C)-n6c(C)nnc65)C4)ccc3o2)C(C)C)cc1. The Kier molecular flexibility index (Phi) is 13.9. The second kappa shape index (κ2) is 20.3. The molecule has 3 aromatic carbocycles. The Morgan fingerprint density at radius 2 is 1.66 bits per heavy atom. The number of hydrogen-bond acceptors (Lipinski definition) is 13. The minimum atomic E-state index is -1.01. The standard InChI is InChI=1S/C54H56ClN9O7S2/c1-26(2)47(53(69)63-24-38(65)22-42(63)51(67)57-28(4)32-8-10-34(11-9-32)49-29(5)56-25-72-49)60-52(68)44-19-35-18-39(16-17-43(35)71-44)70-40-20-37(21-40)58-45(66)23-41-50-62-61-31(7)64(50)54-46(27(3)30(6)73-54)48(59-41)33-12-14-36(55)15-13-33/h8-19,25-26,28,37-38,40-42,47,65H,20-24H2,1-7H3,(H,57,67)(H,58,66)(H,60,68)/t28-,37-,38+,40+,41-,42-,47-/m0/s1. The molecule has 378 valence electrons. The van der Waals surface area contributed by atoms with Crippen molar-refractivity contribution in [3.8, 4) is 21.2 Å². The highest BCUT2D eigenvalue weighted by Crippen LogP contribution is 2.40. The number of rotatable bonds is 14. The van der Waals surface area contributed by atoms with E-state index in [0.29, 0.717) is 40.4 Å². The Bertz CT molecular complexity index is 3280. The minimum Gasteiger partial charge on any atom is -0.490 e. The quantitative estimate of drug-likeness (QED) is 0.0815. The van der Waals surface area contributed by atoms with Crippen molar-refractivity contribution < 1.29 is 33.4 Å². The molecule has 1 saturated carbocycles. The number of aromatic nitrogens is 4. The maximum atomic E-state index is 14.2. The highest BCUT2D eigenvalue weighted by atomic mass is 35.5. The Morgan fingerprint density at radius 1 is 0.918 bits per heavy atom. The van der Waals surface area contributed by atoms with Crippen LogP contribution in [0.15, 0.2) is 87.7 Å². The average molecular weight is 1040 g/mol. The number of fused-ring (bicyclic) bond motifs is 4. The number of hydrogen-bond donors (Lipinski definition) is 4. The number of ether oxygens (including phenoxy) is 1. The van der Waals surface area contributed by atoms with Gasteiger partial charge in [0.2, 0.25) is 17.7 Å². The number of thiazole rings is 1. The van der Waals surface area contributed by atoms with Crippen LogP contribution in [0.4, 0.5) is 0 Å². The van der Waals surface area contributed by atoms with E-state index in [0.717, 1.165) is 59.8 Å². The van der Waals surface area contributed by atoms with Crippen molar-refractivity contribution in [3.05, 3.63) is 134 Å². The van der Waals surface area contributed by atoms with Crippen LogP contribution in [-0.4, -0.2) is 96.0 Å². The molecular formula is C54H56ClN9O7S2. The Morgan fingerprint density at radius 3 is 2.37 bits per heavy atom. The number of carbonyl (C=O) groups is 4. The Hall–Kier alpha value is -6.73. The topological polar surface area (TPSA) is 206 Å². The van der Waals surface area contributed by atoms with Gasteiger partial charge in [-0.1, -0.05) is 61.8 Å². The Balaban J connectivity index is 0.745. The lowest BCUT2D eigenvalue weighted by Gasteiger charge is -2.36. The zero-order valence-corrected chi connectivity index (χ0v) is 43.8. The summed E-state index contributed by atoms with van der Waals surface area (Å²) >= 11 is 9.50. The number of nitrogens with one attached hydrogen (secondary N) is 3. The maximum absolute atomic E-state index is 14.2. The molecule has 7 aromatic rings. The number of aliphatic imine (C=N–C) groups is 1. The lowest BCUT2D eigenvalue weighted by Crippen LogP contribution is -2.55. The summed E-state index contributed by atoms with van der Waals surface area (Å²) in [6, 6.07) is 19.4. The van der Waals surface area contributed by atoms with Gasteiger partial charge in [-0.25, -0.2) is 4.98 Å². The van der Waals surface area contributed by atoms with Crippen molar-refractivity contribution in [1.29, 1.82) is 0 Å². The number of aryl methyl sites for hydroxylation is 3. The van der Waals surface area contributed by atoms with Crippen LogP contribution in [-0.2, 0) is 14.4 Å². The van der Waals surface area contributed by atoms with E-state index in [1.54, 1.807) is 46.9 Å². The van der Waals surface area contributed by atoms with E-state index in [1.165, 1.54) is 4.90 Å². The summed E-state index contributed by atoms with van der Waals surface area (Å²) in [5.41, 5.74) is 8.95. The lowest BCUT2D eigenvalue weighted by molar-refractivity contribution is -0.141. The molecule has 2 fully saturated rings. The fourth-order valence-electron chi connectivity index (χ4n) is 9.88. The van der Waals surface area contributed by atoms with Gasteiger partial charge in [0.05, 0.1) is 40.4 Å². The molecule has 19 heteroatoms. The predicted octanol–water partition coefficient (Wildman–Crippen LogP) is 8.69. The molecule has 6 heterocycles. The van der Waals surface area contributed by atoms with Crippen LogP contribution in [0.3, 0.4) is 0 Å². The van der Waals surface area contributed by atoms with Crippen molar-refractivity contribution in [3.63, 3.8) is 0 Å². The summed E-state index contributed by atoms with van der Waals surface area (Å²) < 4.78 is 14.3. The average Bonchev–Trinajstić information content (AvgIpc) is 4.19. The molecule has 0 spiro atoms. The maximum Gasteiger partial charge on any atom is 0.287 e. The molecule has 4 amide bonds. The van der Waals surface area contributed by atoms with Gasteiger partial charge in [0.15, 0.2) is 11.6 Å². The van der Waals surface area contributed by atoms with Gasteiger partial charge in [-0.15, -0.1) is 32.9 Å². The van der Waals surface area contributed by atoms with Crippen molar-refractivity contribution in [2.75, 3.05) is 6.54 Å². The van der Waals surface area contributed by atoms with Crippen molar-refractivity contribution in [1.82, 2.24) is 40.6 Å². The first-order valence-electron chi connectivity index (χ1n) is 24.5. The first kappa shape index (κ1) is 49.8. The van der Waals surface area contributed by atoms with Crippen LogP contribution >= 0.6 is 34.3 Å². The number of β-amino-alcohol motifs (C(OH)–C–C–N with tert-alkyl or cyclic N) is 1. The van der Waals surface area contributed by atoms with Crippen molar-refractivity contribution in [2.24, 2.45) is 10.9 Å². The van der Waals surface area contributed by atoms with Crippen LogP contribution in [0.2, 0.25) is 5.02 Å². The zero-order valence-electron chi connectivity index (χ0n) is 41.4. The molecule has 0 radical (unpaired) electrons. The fourth-order valence-corrected chi connectivity index (χ4v) is 12.0. The minimum absolute atomic E-state index is 0.00526. The molecule has 3 aliphatic rings. The third kappa shape index (κ3) is 10.0. The molecule has 2 aliphatic heterocycles. The van der Waals surface area contributed by atoms with Gasteiger partial charge in [0.25, 0.3) is 5.91 Å². The molecule has 0 unspecified atom stereocenters. The number of nitrogens with zero attached hydrogens (tertiary/aromatic N) is 6. The molecule has 10 rings (SSSR count). The molecule has 16 nitrogen and oxygen atoms in total. The number of halogens is 1. The first-order valence-corrected chi connectivity index (χ1v) is 26.5. The van der Waals surface area contributed by atoms with Gasteiger partial charge >= 0.3 is 0 Å². The van der Waals surface area contributed by atoms with E-state index < -0.39 is 36.0 Å². The predicted molar refractivity (Wildman–Crippen MR) is 281 cm³/mol. The summed E-state index contributed by atoms with van der Waals surface area (Å²) in [5, 5.41) is 30.9. The highest BCUT2D eigenvalue weighted by molar-refractivity contribution is 7.15. The third-order valence-electron chi connectivity index (χ3n) is 14.1. The number of benzene rings is 3. The second-order valence-corrected chi connectivity index (χ2v) is 22.1. The van der Waals surface area contributed by atoms with E-state index in [2.05, 4.69) is 45.0 Å². The molecule has 1 aliphatic carbocycles. The lowest BCUT2D eigenvalue weighted by atomic mass is 9.89. The fraction of sp³-hybridized carbons (Fsp3) is 0.370. The molecule has 73 heavy (non-hydrogen) atoms. The number of amides is 4. The number of thiophene rings is 1. The second-order valence-electron chi connectivity index (χ2n) is 19.6. The van der Waals surface area contributed by atoms with E-state index in [-0.39, 0.29) is 61.1 Å². The third-order valence-corrected chi connectivity index (χ3v) is 16.5. The molecule has 0 bridgehead atoms. The summed E-state index contributed by atoms with van der Waals surface area (Å²) in [7, 11) is 0. The molecule has 4 aromatic heterocycles. The van der Waals surface area contributed by atoms with Gasteiger partial charge in [0, 0.05) is 58.3 Å². The summed E-state index contributed by atoms with van der Waals surface area (Å²) in [4.78, 5) is 68.6. The smallest absolute Gasteiger partial charge is 0.287 e. The number of aliphatic hydroxyl groups is 1.